The van der Waals surface area contributed by atoms with E-state index in [1.54, 1.807) is 6.07 Å². The first-order valence-corrected chi connectivity index (χ1v) is 5.56. The second kappa shape index (κ2) is 5.70. The highest BCUT2D eigenvalue weighted by Gasteiger charge is 2.16. The standard InChI is InChI=1S/C12H19NO3/c1-4-13(7-9(2)3)8-10-5-6-16-11(10)12(14)15/h5-6,9H,4,7-8H2,1-3H3,(H,14,15). The number of carboxylic acids is 1. The SMILES string of the molecule is CCN(Cc1ccoc1C(=O)O)CC(C)C. The largest absolute Gasteiger partial charge is 0.475 e. The van der Waals surface area contributed by atoms with Crippen LogP contribution in [0.2, 0.25) is 0 Å². The number of nitrogens with zero attached hydrogens (tertiary/aromatic N) is 1. The Hall–Kier alpha value is -1.29. The summed E-state index contributed by atoms with van der Waals surface area (Å²) in [6.45, 7) is 8.87. The molecule has 0 saturated carbocycles. The predicted molar refractivity (Wildman–Crippen MR) is 61.5 cm³/mol. The predicted octanol–water partition coefficient (Wildman–Crippen LogP) is 2.46. The molecule has 1 N–H and O–H groups in total. The molecule has 0 aliphatic heterocycles. The topological polar surface area (TPSA) is 53.7 Å². The van der Waals surface area contributed by atoms with Crippen LogP contribution in [0.3, 0.4) is 0 Å². The molecule has 0 saturated heterocycles. The summed E-state index contributed by atoms with van der Waals surface area (Å²) in [5.74, 6) is -0.372. The number of carboxylic acid groups (broad SMARTS) is 1. The van der Waals surface area contributed by atoms with E-state index >= 15 is 0 Å². The van der Waals surface area contributed by atoms with Gasteiger partial charge in [-0.1, -0.05) is 20.8 Å². The van der Waals surface area contributed by atoms with E-state index in [-0.39, 0.29) is 5.76 Å². The number of carbonyl (C=O) groups is 1. The van der Waals surface area contributed by atoms with Crippen molar-refractivity contribution in [3.8, 4) is 0 Å². The smallest absolute Gasteiger partial charge is 0.372 e. The van der Waals surface area contributed by atoms with Crippen molar-refractivity contribution in [3.63, 3.8) is 0 Å². The van der Waals surface area contributed by atoms with Crippen molar-refractivity contribution in [2.45, 2.75) is 27.3 Å². The minimum absolute atomic E-state index is 0.0576. The molecule has 0 atom stereocenters. The molecule has 0 radical (unpaired) electrons. The summed E-state index contributed by atoms with van der Waals surface area (Å²) in [6, 6.07) is 1.73. The highest BCUT2D eigenvalue weighted by Crippen LogP contribution is 2.14. The van der Waals surface area contributed by atoms with E-state index in [1.165, 1.54) is 6.26 Å². The zero-order valence-electron chi connectivity index (χ0n) is 10.1. The van der Waals surface area contributed by atoms with Gasteiger partial charge in [-0.15, -0.1) is 0 Å². The molecule has 4 heteroatoms. The lowest BCUT2D eigenvalue weighted by Crippen LogP contribution is -2.27. The zero-order valence-corrected chi connectivity index (χ0v) is 10.1. The van der Waals surface area contributed by atoms with Crippen molar-refractivity contribution < 1.29 is 14.3 Å². The number of hydrogen-bond acceptors (Lipinski definition) is 3. The van der Waals surface area contributed by atoms with Gasteiger partial charge in [0.05, 0.1) is 6.26 Å². The molecule has 0 spiro atoms. The Morgan fingerprint density at radius 3 is 2.75 bits per heavy atom. The molecular weight excluding hydrogens is 206 g/mol. The lowest BCUT2D eigenvalue weighted by Gasteiger charge is -2.21. The van der Waals surface area contributed by atoms with Gasteiger partial charge in [-0.25, -0.2) is 4.79 Å². The summed E-state index contributed by atoms with van der Waals surface area (Å²) in [7, 11) is 0. The Morgan fingerprint density at radius 1 is 1.56 bits per heavy atom. The molecule has 16 heavy (non-hydrogen) atoms. The summed E-state index contributed by atoms with van der Waals surface area (Å²) in [5.41, 5.74) is 0.745. The third kappa shape index (κ3) is 3.38. The Balaban J connectivity index is 2.70. The van der Waals surface area contributed by atoms with Crippen molar-refractivity contribution in [3.05, 3.63) is 23.7 Å². The Morgan fingerprint density at radius 2 is 2.25 bits per heavy atom. The van der Waals surface area contributed by atoms with Gasteiger partial charge in [0.1, 0.15) is 0 Å². The Bertz CT molecular complexity index is 344. The van der Waals surface area contributed by atoms with Crippen LogP contribution >= 0.6 is 0 Å². The van der Waals surface area contributed by atoms with E-state index in [0.29, 0.717) is 12.5 Å². The van der Waals surface area contributed by atoms with E-state index < -0.39 is 5.97 Å². The van der Waals surface area contributed by atoms with E-state index in [0.717, 1.165) is 18.7 Å². The maximum absolute atomic E-state index is 10.9. The Labute approximate surface area is 95.9 Å². The first-order valence-electron chi connectivity index (χ1n) is 5.56. The van der Waals surface area contributed by atoms with Crippen LogP contribution in [0.1, 0.15) is 36.9 Å². The van der Waals surface area contributed by atoms with Crippen molar-refractivity contribution in [1.82, 2.24) is 4.90 Å². The van der Waals surface area contributed by atoms with Gasteiger partial charge in [-0.3, -0.25) is 4.90 Å². The molecule has 4 nitrogen and oxygen atoms in total. The molecule has 0 fully saturated rings. The molecule has 0 amide bonds. The van der Waals surface area contributed by atoms with Crippen LogP contribution in [0, 0.1) is 5.92 Å². The highest BCUT2D eigenvalue weighted by molar-refractivity contribution is 5.86. The fourth-order valence-corrected chi connectivity index (χ4v) is 1.71. The molecular formula is C12H19NO3. The average Bonchev–Trinajstić information content (AvgIpc) is 2.64. The number of rotatable bonds is 6. The van der Waals surface area contributed by atoms with Crippen molar-refractivity contribution >= 4 is 5.97 Å². The van der Waals surface area contributed by atoms with E-state index in [2.05, 4.69) is 25.7 Å². The Kier molecular flexibility index (Phi) is 4.55. The molecule has 0 unspecified atom stereocenters. The lowest BCUT2D eigenvalue weighted by atomic mass is 10.1. The average molecular weight is 225 g/mol. The van der Waals surface area contributed by atoms with Crippen LogP contribution in [0.15, 0.2) is 16.7 Å². The lowest BCUT2D eigenvalue weighted by molar-refractivity contribution is 0.0659. The van der Waals surface area contributed by atoms with Gasteiger partial charge in [0.15, 0.2) is 0 Å². The summed E-state index contributed by atoms with van der Waals surface area (Å²) in [6.07, 6.45) is 1.43. The summed E-state index contributed by atoms with van der Waals surface area (Å²) >= 11 is 0. The van der Waals surface area contributed by atoms with Crippen LogP contribution in [-0.4, -0.2) is 29.1 Å². The van der Waals surface area contributed by atoms with Crippen molar-refractivity contribution in [2.24, 2.45) is 5.92 Å². The van der Waals surface area contributed by atoms with Crippen LogP contribution < -0.4 is 0 Å². The molecule has 0 bridgehead atoms. The first-order chi connectivity index (χ1) is 7.54. The van der Waals surface area contributed by atoms with Crippen molar-refractivity contribution in [1.29, 1.82) is 0 Å². The van der Waals surface area contributed by atoms with Crippen LogP contribution in [-0.2, 0) is 6.54 Å². The monoisotopic (exact) mass is 225 g/mol. The van der Waals surface area contributed by atoms with Gasteiger partial charge in [0.25, 0.3) is 0 Å². The van der Waals surface area contributed by atoms with Crippen LogP contribution in [0.25, 0.3) is 0 Å². The van der Waals surface area contributed by atoms with E-state index in [9.17, 15) is 4.79 Å². The second-order valence-corrected chi connectivity index (χ2v) is 4.30. The first kappa shape index (κ1) is 12.8. The number of furan rings is 1. The third-order valence-electron chi connectivity index (χ3n) is 2.41. The highest BCUT2D eigenvalue weighted by atomic mass is 16.4. The summed E-state index contributed by atoms with van der Waals surface area (Å²) in [5, 5.41) is 8.91. The normalized spacial score (nSPS) is 11.3. The summed E-state index contributed by atoms with van der Waals surface area (Å²) < 4.78 is 4.95. The number of hydrogen-bond donors (Lipinski definition) is 1. The van der Waals surface area contributed by atoms with Crippen LogP contribution in [0.4, 0.5) is 0 Å². The molecule has 1 aromatic rings. The molecule has 1 aromatic heterocycles. The molecule has 0 aromatic carbocycles. The second-order valence-electron chi connectivity index (χ2n) is 4.30. The minimum Gasteiger partial charge on any atom is -0.475 e. The van der Waals surface area contributed by atoms with Gasteiger partial charge in [0.2, 0.25) is 5.76 Å². The maximum Gasteiger partial charge on any atom is 0.372 e. The van der Waals surface area contributed by atoms with Crippen molar-refractivity contribution in [2.75, 3.05) is 13.1 Å². The zero-order chi connectivity index (χ0) is 12.1. The van der Waals surface area contributed by atoms with Gasteiger partial charge >= 0.3 is 5.97 Å². The molecule has 90 valence electrons. The number of aromatic carboxylic acids is 1. The molecule has 0 aliphatic rings. The minimum atomic E-state index is -0.999. The van der Waals surface area contributed by atoms with E-state index in [4.69, 9.17) is 9.52 Å². The van der Waals surface area contributed by atoms with Gasteiger partial charge in [-0.05, 0) is 18.5 Å². The third-order valence-corrected chi connectivity index (χ3v) is 2.41. The summed E-state index contributed by atoms with van der Waals surface area (Å²) in [4.78, 5) is 13.1. The van der Waals surface area contributed by atoms with Gasteiger partial charge in [-0.2, -0.15) is 0 Å². The quantitative estimate of drug-likeness (QED) is 0.808. The van der Waals surface area contributed by atoms with Gasteiger partial charge in [0, 0.05) is 18.7 Å². The van der Waals surface area contributed by atoms with E-state index in [1.807, 2.05) is 0 Å². The van der Waals surface area contributed by atoms with Crippen LogP contribution in [0.5, 0.6) is 0 Å². The van der Waals surface area contributed by atoms with Gasteiger partial charge < -0.3 is 9.52 Å². The molecule has 0 aliphatic carbocycles. The fraction of sp³-hybridized carbons (Fsp3) is 0.583. The molecule has 1 rings (SSSR count). The fourth-order valence-electron chi connectivity index (χ4n) is 1.71. The molecule has 1 heterocycles. The maximum atomic E-state index is 10.9.